The van der Waals surface area contributed by atoms with Crippen molar-refractivity contribution in [2.24, 2.45) is 0 Å². The number of carbonyl (C=O) groups excluding carboxylic acids is 1. The molecule has 1 aromatic carbocycles. The first-order chi connectivity index (χ1) is 7.00. The largest absolute Gasteiger partial charge is 0.295 e. The van der Waals surface area contributed by atoms with E-state index >= 15 is 0 Å². The summed E-state index contributed by atoms with van der Waals surface area (Å²) in [5.74, 6) is 0.0254. The van der Waals surface area contributed by atoms with Gasteiger partial charge in [0, 0.05) is 10.6 Å². The molecular weight excluding hydrogens is 208 g/mol. The summed E-state index contributed by atoms with van der Waals surface area (Å²) in [7, 11) is 0. The van der Waals surface area contributed by atoms with Crippen LogP contribution in [0.15, 0.2) is 42.0 Å². The average molecular weight is 221 g/mol. The molecule has 0 atom stereocenters. The summed E-state index contributed by atoms with van der Waals surface area (Å²) in [5.41, 5.74) is 2.38. The lowest BCUT2D eigenvalue weighted by atomic mass is 10.0. The number of rotatable bonds is 3. The minimum Gasteiger partial charge on any atom is -0.295 e. The molecule has 1 aromatic rings. The number of halogens is 1. The second-order valence-corrected chi connectivity index (χ2v) is 3.88. The summed E-state index contributed by atoms with van der Waals surface area (Å²) < 4.78 is 0. The van der Waals surface area contributed by atoms with E-state index < -0.39 is 0 Å². The van der Waals surface area contributed by atoms with E-state index in [0.29, 0.717) is 10.6 Å². The number of allylic oxidation sites excluding steroid dienone is 2. The Bertz CT molecular complexity index is 397. The summed E-state index contributed by atoms with van der Waals surface area (Å²) in [6.45, 7) is 7.14. The van der Waals surface area contributed by atoms with Gasteiger partial charge in [0.1, 0.15) is 0 Å². The van der Waals surface area contributed by atoms with Crippen molar-refractivity contribution in [3.63, 3.8) is 0 Å². The maximum absolute atomic E-state index is 11.3. The Labute approximate surface area is 95.1 Å². The van der Waals surface area contributed by atoms with Crippen LogP contribution in [-0.2, 0) is 4.79 Å². The van der Waals surface area contributed by atoms with Gasteiger partial charge in [-0.2, -0.15) is 0 Å². The zero-order valence-electron chi connectivity index (χ0n) is 8.88. The van der Waals surface area contributed by atoms with E-state index in [-0.39, 0.29) is 5.78 Å². The van der Waals surface area contributed by atoms with Crippen molar-refractivity contribution in [1.82, 2.24) is 0 Å². The fourth-order valence-corrected chi connectivity index (χ4v) is 1.38. The van der Waals surface area contributed by atoms with Gasteiger partial charge in [-0.3, -0.25) is 4.79 Å². The van der Waals surface area contributed by atoms with Crippen LogP contribution in [0.25, 0.3) is 6.08 Å². The second kappa shape index (κ2) is 4.94. The van der Waals surface area contributed by atoms with E-state index in [2.05, 4.69) is 6.58 Å². The summed E-state index contributed by atoms with van der Waals surface area (Å²) in [6, 6.07) is 7.33. The molecule has 0 saturated carbocycles. The molecule has 2 heteroatoms. The van der Waals surface area contributed by atoms with Crippen molar-refractivity contribution in [1.29, 1.82) is 0 Å². The third-order valence-electron chi connectivity index (χ3n) is 2.02. The van der Waals surface area contributed by atoms with Gasteiger partial charge < -0.3 is 0 Å². The predicted octanol–water partition coefficient (Wildman–Crippen LogP) is 3.89. The molecule has 0 aliphatic carbocycles. The van der Waals surface area contributed by atoms with E-state index in [1.54, 1.807) is 12.1 Å². The van der Waals surface area contributed by atoms with Gasteiger partial charge in [0.15, 0.2) is 5.78 Å². The standard InChI is InChI=1S/C13H13ClO/c1-9(2)13(10(3)15)8-11-4-6-12(14)7-5-11/h4-8H,1H2,2-3H3/b13-8+. The van der Waals surface area contributed by atoms with Crippen molar-refractivity contribution in [3.8, 4) is 0 Å². The van der Waals surface area contributed by atoms with Gasteiger partial charge in [0.25, 0.3) is 0 Å². The summed E-state index contributed by atoms with van der Waals surface area (Å²) in [6.07, 6.45) is 1.82. The highest BCUT2D eigenvalue weighted by atomic mass is 35.5. The smallest absolute Gasteiger partial charge is 0.160 e. The SMILES string of the molecule is C=C(C)/C(=C\c1ccc(Cl)cc1)C(C)=O. The molecule has 0 spiro atoms. The van der Waals surface area contributed by atoms with Crippen LogP contribution in [0.1, 0.15) is 19.4 Å². The van der Waals surface area contributed by atoms with E-state index in [9.17, 15) is 4.79 Å². The quantitative estimate of drug-likeness (QED) is 0.558. The van der Waals surface area contributed by atoms with Crippen LogP contribution in [0, 0.1) is 0 Å². The first-order valence-corrected chi connectivity index (χ1v) is 5.02. The highest BCUT2D eigenvalue weighted by Crippen LogP contribution is 2.16. The average Bonchev–Trinajstić information content (AvgIpc) is 2.15. The van der Waals surface area contributed by atoms with Gasteiger partial charge in [-0.15, -0.1) is 0 Å². The summed E-state index contributed by atoms with van der Waals surface area (Å²) >= 11 is 5.77. The van der Waals surface area contributed by atoms with E-state index in [4.69, 9.17) is 11.6 Å². The normalized spacial score (nSPS) is 11.3. The lowest BCUT2D eigenvalue weighted by Gasteiger charge is -2.02. The molecule has 0 saturated heterocycles. The second-order valence-electron chi connectivity index (χ2n) is 3.45. The van der Waals surface area contributed by atoms with Crippen LogP contribution in [0.5, 0.6) is 0 Å². The highest BCUT2D eigenvalue weighted by Gasteiger charge is 2.04. The Balaban J connectivity index is 3.08. The topological polar surface area (TPSA) is 17.1 Å². The molecule has 1 rings (SSSR count). The fraction of sp³-hybridized carbons (Fsp3) is 0.154. The third-order valence-corrected chi connectivity index (χ3v) is 2.27. The van der Waals surface area contributed by atoms with Crippen molar-refractivity contribution >= 4 is 23.5 Å². The Hall–Kier alpha value is -1.34. The van der Waals surface area contributed by atoms with E-state index in [1.807, 2.05) is 25.1 Å². The van der Waals surface area contributed by atoms with Crippen molar-refractivity contribution in [2.75, 3.05) is 0 Å². The number of hydrogen-bond donors (Lipinski definition) is 0. The molecule has 0 radical (unpaired) electrons. The number of ketones is 1. The fourth-order valence-electron chi connectivity index (χ4n) is 1.25. The summed E-state index contributed by atoms with van der Waals surface area (Å²) in [4.78, 5) is 11.3. The van der Waals surface area contributed by atoms with Gasteiger partial charge in [-0.05, 0) is 43.2 Å². The van der Waals surface area contributed by atoms with Crippen LogP contribution in [0.2, 0.25) is 5.02 Å². The van der Waals surface area contributed by atoms with Crippen LogP contribution in [0.4, 0.5) is 0 Å². The molecule has 0 aromatic heterocycles. The monoisotopic (exact) mass is 220 g/mol. The first kappa shape index (κ1) is 11.7. The Kier molecular flexibility index (Phi) is 3.87. The zero-order valence-corrected chi connectivity index (χ0v) is 9.64. The van der Waals surface area contributed by atoms with Gasteiger partial charge in [0.05, 0.1) is 0 Å². The predicted molar refractivity (Wildman–Crippen MR) is 64.9 cm³/mol. The van der Waals surface area contributed by atoms with Crippen molar-refractivity contribution in [3.05, 3.63) is 52.6 Å². The molecule has 0 unspecified atom stereocenters. The van der Waals surface area contributed by atoms with Gasteiger partial charge in [0.2, 0.25) is 0 Å². The Morgan fingerprint density at radius 2 is 1.80 bits per heavy atom. The molecule has 78 valence electrons. The van der Waals surface area contributed by atoms with Gasteiger partial charge >= 0.3 is 0 Å². The molecule has 0 aliphatic rings. The van der Waals surface area contributed by atoms with Crippen molar-refractivity contribution in [2.45, 2.75) is 13.8 Å². The van der Waals surface area contributed by atoms with Crippen LogP contribution >= 0.6 is 11.6 Å². The van der Waals surface area contributed by atoms with Gasteiger partial charge in [-0.25, -0.2) is 0 Å². The molecule has 0 fully saturated rings. The molecule has 0 N–H and O–H groups in total. The number of Topliss-reactive ketones (excluding diaryl/α,β-unsaturated/α-hetero) is 1. The molecule has 0 aliphatic heterocycles. The molecule has 0 heterocycles. The maximum Gasteiger partial charge on any atom is 0.160 e. The molecule has 0 bridgehead atoms. The molecular formula is C13H13ClO. The van der Waals surface area contributed by atoms with Crippen LogP contribution in [0.3, 0.4) is 0 Å². The number of benzene rings is 1. The Morgan fingerprint density at radius 1 is 1.27 bits per heavy atom. The van der Waals surface area contributed by atoms with Crippen LogP contribution < -0.4 is 0 Å². The maximum atomic E-state index is 11.3. The highest BCUT2D eigenvalue weighted by molar-refractivity contribution is 6.30. The molecule has 15 heavy (non-hydrogen) atoms. The van der Waals surface area contributed by atoms with Crippen LogP contribution in [-0.4, -0.2) is 5.78 Å². The molecule has 0 amide bonds. The van der Waals surface area contributed by atoms with E-state index in [0.717, 1.165) is 11.1 Å². The van der Waals surface area contributed by atoms with Gasteiger partial charge in [-0.1, -0.05) is 30.3 Å². The Morgan fingerprint density at radius 3 is 2.20 bits per heavy atom. The lowest BCUT2D eigenvalue weighted by Crippen LogP contribution is -1.96. The van der Waals surface area contributed by atoms with E-state index in [1.165, 1.54) is 6.92 Å². The number of hydrogen-bond acceptors (Lipinski definition) is 1. The van der Waals surface area contributed by atoms with Crippen molar-refractivity contribution < 1.29 is 4.79 Å². The minimum atomic E-state index is 0.0254. The molecule has 1 nitrogen and oxygen atoms in total. The lowest BCUT2D eigenvalue weighted by molar-refractivity contribution is -0.113. The zero-order chi connectivity index (χ0) is 11.4. The third kappa shape index (κ3) is 3.37. The number of carbonyl (C=O) groups is 1. The summed E-state index contributed by atoms with van der Waals surface area (Å²) in [5, 5.41) is 0.687. The minimum absolute atomic E-state index is 0.0254. The first-order valence-electron chi connectivity index (χ1n) is 4.65.